The number of anilines is 1. The van der Waals surface area contributed by atoms with Gasteiger partial charge in [0.25, 0.3) is 0 Å². The highest BCUT2D eigenvalue weighted by Gasteiger charge is 2.17. The maximum Gasteiger partial charge on any atom is 0.204 e. The highest BCUT2D eigenvalue weighted by atomic mass is 16.6. The number of amidine groups is 1. The van der Waals surface area contributed by atoms with Crippen molar-refractivity contribution in [1.29, 1.82) is 0 Å². The Morgan fingerprint density at radius 2 is 1.85 bits per heavy atom. The minimum atomic E-state index is -0.171. The van der Waals surface area contributed by atoms with Gasteiger partial charge in [-0.15, -0.1) is 0 Å². The molecule has 0 unspecified atom stereocenters. The van der Waals surface area contributed by atoms with Crippen LogP contribution in [0.4, 0.5) is 5.82 Å². The summed E-state index contributed by atoms with van der Waals surface area (Å²) in [5.41, 5.74) is 10.5. The first kappa shape index (κ1) is 22.6. The lowest BCUT2D eigenvalue weighted by Crippen LogP contribution is -2.30. The van der Waals surface area contributed by atoms with Gasteiger partial charge in [0.2, 0.25) is 5.78 Å². The first-order chi connectivity index (χ1) is 16.0. The SMILES string of the molecule is Cc1cc(C(=O)CO/N=C(/N)c2ccc(N3CCCCC3)nc2)c(C)n1Cc1ccccc1. The topological polar surface area (TPSA) is 85.7 Å². The smallest absolute Gasteiger partial charge is 0.204 e. The summed E-state index contributed by atoms with van der Waals surface area (Å²) >= 11 is 0. The average Bonchev–Trinajstić information content (AvgIpc) is 3.13. The highest BCUT2D eigenvalue weighted by molar-refractivity contribution is 5.99. The van der Waals surface area contributed by atoms with Gasteiger partial charge < -0.3 is 20.0 Å². The summed E-state index contributed by atoms with van der Waals surface area (Å²) in [6, 6.07) is 15.9. The van der Waals surface area contributed by atoms with Crippen molar-refractivity contribution < 1.29 is 9.63 Å². The molecule has 1 aliphatic rings. The standard InChI is InChI=1S/C26H31N5O2/c1-19-15-23(20(2)31(19)17-21-9-5-3-6-10-21)24(32)18-33-29-26(27)22-11-12-25(28-16-22)30-13-7-4-8-14-30/h3,5-6,9-12,15-16H,4,7-8,13-14,17-18H2,1-2H3,(H2,27,29). The Morgan fingerprint density at radius 3 is 2.55 bits per heavy atom. The van der Waals surface area contributed by atoms with Crippen LogP contribution in [-0.4, -0.2) is 40.9 Å². The number of aryl methyl sites for hydroxylation is 1. The van der Waals surface area contributed by atoms with Crippen LogP contribution in [0.1, 0.15) is 52.1 Å². The van der Waals surface area contributed by atoms with Gasteiger partial charge in [-0.1, -0.05) is 35.5 Å². The van der Waals surface area contributed by atoms with E-state index in [4.69, 9.17) is 10.6 Å². The van der Waals surface area contributed by atoms with E-state index in [2.05, 4.69) is 31.7 Å². The Kier molecular flexibility index (Phi) is 7.07. The van der Waals surface area contributed by atoms with Crippen LogP contribution in [0.25, 0.3) is 0 Å². The Hall–Kier alpha value is -3.61. The molecule has 0 saturated carbocycles. The second-order valence-electron chi connectivity index (χ2n) is 8.48. The second kappa shape index (κ2) is 10.3. The second-order valence-corrected chi connectivity index (χ2v) is 8.48. The van der Waals surface area contributed by atoms with E-state index >= 15 is 0 Å². The average molecular weight is 446 g/mol. The maximum absolute atomic E-state index is 12.8. The number of ketones is 1. The van der Waals surface area contributed by atoms with E-state index in [1.54, 1.807) is 6.20 Å². The molecule has 0 spiro atoms. The predicted molar refractivity (Wildman–Crippen MR) is 131 cm³/mol. The molecule has 172 valence electrons. The number of carbonyl (C=O) groups is 1. The van der Waals surface area contributed by atoms with Crippen molar-refractivity contribution in [3.8, 4) is 0 Å². The molecule has 0 bridgehead atoms. The summed E-state index contributed by atoms with van der Waals surface area (Å²) in [6.07, 6.45) is 5.37. The molecule has 2 aromatic heterocycles. The van der Waals surface area contributed by atoms with E-state index in [0.717, 1.165) is 36.8 Å². The third kappa shape index (κ3) is 5.42. The molecule has 4 rings (SSSR count). The van der Waals surface area contributed by atoms with Crippen molar-refractivity contribution >= 4 is 17.4 Å². The summed E-state index contributed by atoms with van der Waals surface area (Å²) in [6.45, 7) is 6.58. The maximum atomic E-state index is 12.8. The van der Waals surface area contributed by atoms with Crippen LogP contribution in [0.5, 0.6) is 0 Å². The number of aromatic nitrogens is 2. The number of hydrogen-bond donors (Lipinski definition) is 1. The molecule has 33 heavy (non-hydrogen) atoms. The quantitative estimate of drug-likeness (QED) is 0.245. The van der Waals surface area contributed by atoms with E-state index in [0.29, 0.717) is 11.1 Å². The van der Waals surface area contributed by atoms with Crippen LogP contribution in [-0.2, 0) is 11.4 Å². The van der Waals surface area contributed by atoms with Gasteiger partial charge in [-0.3, -0.25) is 4.79 Å². The third-order valence-electron chi connectivity index (χ3n) is 6.14. The Labute approximate surface area is 194 Å². The lowest BCUT2D eigenvalue weighted by atomic mass is 10.1. The number of pyridine rings is 1. The number of piperidine rings is 1. The van der Waals surface area contributed by atoms with Gasteiger partial charge in [-0.2, -0.15) is 0 Å². The Balaban J connectivity index is 1.36. The van der Waals surface area contributed by atoms with Gasteiger partial charge in [0.1, 0.15) is 5.82 Å². The number of carbonyl (C=O) groups excluding carboxylic acids is 1. The van der Waals surface area contributed by atoms with Gasteiger partial charge in [-0.05, 0) is 56.9 Å². The minimum absolute atomic E-state index is 0.127. The van der Waals surface area contributed by atoms with Crippen molar-refractivity contribution in [2.45, 2.75) is 39.7 Å². The van der Waals surface area contributed by atoms with Crippen LogP contribution in [0.3, 0.4) is 0 Å². The lowest BCUT2D eigenvalue weighted by molar-refractivity contribution is 0.0775. The zero-order valence-electron chi connectivity index (χ0n) is 19.3. The van der Waals surface area contributed by atoms with Gasteiger partial charge in [0, 0.05) is 48.3 Å². The number of nitrogens with two attached hydrogens (primary N) is 1. The monoisotopic (exact) mass is 445 g/mol. The van der Waals surface area contributed by atoms with Gasteiger partial charge in [0.05, 0.1) is 0 Å². The van der Waals surface area contributed by atoms with Crippen LogP contribution in [0, 0.1) is 13.8 Å². The van der Waals surface area contributed by atoms with Crippen molar-refractivity contribution in [2.24, 2.45) is 10.9 Å². The molecule has 0 radical (unpaired) electrons. The summed E-state index contributed by atoms with van der Waals surface area (Å²) in [5, 5.41) is 3.94. The summed E-state index contributed by atoms with van der Waals surface area (Å²) in [4.78, 5) is 24.9. The molecule has 7 nitrogen and oxygen atoms in total. The van der Waals surface area contributed by atoms with E-state index < -0.39 is 0 Å². The van der Waals surface area contributed by atoms with Crippen LogP contribution < -0.4 is 10.6 Å². The predicted octanol–water partition coefficient (Wildman–Crippen LogP) is 4.06. The van der Waals surface area contributed by atoms with Crippen LogP contribution in [0.15, 0.2) is 59.9 Å². The fourth-order valence-corrected chi connectivity index (χ4v) is 4.23. The van der Waals surface area contributed by atoms with E-state index in [9.17, 15) is 4.79 Å². The molecule has 1 fully saturated rings. The third-order valence-corrected chi connectivity index (χ3v) is 6.14. The number of rotatable bonds is 8. The normalized spacial score (nSPS) is 14.4. The zero-order chi connectivity index (χ0) is 23.2. The van der Waals surface area contributed by atoms with Crippen molar-refractivity contribution in [2.75, 3.05) is 24.6 Å². The fourth-order valence-electron chi connectivity index (χ4n) is 4.23. The molecule has 0 amide bonds. The Bertz CT molecular complexity index is 1110. The van der Waals surface area contributed by atoms with Gasteiger partial charge in [-0.25, -0.2) is 4.98 Å². The summed E-state index contributed by atoms with van der Waals surface area (Å²) in [5.74, 6) is 1.03. The fraction of sp³-hybridized carbons (Fsp3) is 0.346. The number of oxime groups is 1. The molecule has 2 N–H and O–H groups in total. The Morgan fingerprint density at radius 1 is 1.09 bits per heavy atom. The molecule has 0 aliphatic carbocycles. The molecule has 1 aliphatic heterocycles. The number of Topliss-reactive ketones (excluding diaryl/α,β-unsaturated/α-hetero) is 1. The number of nitrogens with zero attached hydrogens (tertiary/aromatic N) is 4. The van der Waals surface area contributed by atoms with Crippen LogP contribution >= 0.6 is 0 Å². The molecule has 1 aromatic carbocycles. The molecule has 3 heterocycles. The first-order valence-corrected chi connectivity index (χ1v) is 11.4. The van der Waals surface area contributed by atoms with E-state index in [1.807, 2.05) is 50.2 Å². The highest BCUT2D eigenvalue weighted by Crippen LogP contribution is 2.19. The summed E-state index contributed by atoms with van der Waals surface area (Å²) in [7, 11) is 0. The van der Waals surface area contributed by atoms with Crippen LogP contribution in [0.2, 0.25) is 0 Å². The number of benzene rings is 1. The minimum Gasteiger partial charge on any atom is -0.386 e. The van der Waals surface area contributed by atoms with Crippen molar-refractivity contribution in [3.05, 3.63) is 82.8 Å². The molecule has 3 aromatic rings. The molecular weight excluding hydrogens is 414 g/mol. The summed E-state index contributed by atoms with van der Waals surface area (Å²) < 4.78 is 2.13. The molecule has 7 heteroatoms. The number of hydrogen-bond acceptors (Lipinski definition) is 5. The molecular formula is C26H31N5O2. The first-order valence-electron chi connectivity index (χ1n) is 11.4. The molecule has 0 atom stereocenters. The van der Waals surface area contributed by atoms with Crippen molar-refractivity contribution in [3.63, 3.8) is 0 Å². The van der Waals surface area contributed by atoms with E-state index in [1.165, 1.54) is 24.8 Å². The lowest BCUT2D eigenvalue weighted by Gasteiger charge is -2.27. The van der Waals surface area contributed by atoms with Crippen molar-refractivity contribution in [1.82, 2.24) is 9.55 Å². The largest absolute Gasteiger partial charge is 0.386 e. The van der Waals surface area contributed by atoms with Gasteiger partial charge >= 0.3 is 0 Å². The van der Waals surface area contributed by atoms with E-state index in [-0.39, 0.29) is 18.2 Å². The zero-order valence-corrected chi connectivity index (χ0v) is 19.3. The van der Waals surface area contributed by atoms with Gasteiger partial charge in [0.15, 0.2) is 12.4 Å². The molecule has 1 saturated heterocycles.